The van der Waals surface area contributed by atoms with Crippen LogP contribution < -0.4 is 10.2 Å². The van der Waals surface area contributed by atoms with Gasteiger partial charge in [0.1, 0.15) is 5.75 Å². The van der Waals surface area contributed by atoms with E-state index >= 15 is 0 Å². The highest BCUT2D eigenvalue weighted by Gasteiger charge is 2.13. The molecule has 0 unspecified atom stereocenters. The number of aromatic hydroxyl groups is 1. The van der Waals surface area contributed by atoms with Crippen molar-refractivity contribution >= 4 is 17.3 Å². The standard InChI is InChI=1S/C10H13ClN2O/c11-9-2-1-8(14)7-10(9)13-5-3-12-4-6-13/h1-2,7,12,14H,3-6H2. The van der Waals surface area contributed by atoms with Crippen LogP contribution in [0.15, 0.2) is 18.2 Å². The first-order chi connectivity index (χ1) is 6.77. The fourth-order valence-electron chi connectivity index (χ4n) is 1.65. The van der Waals surface area contributed by atoms with Crippen molar-refractivity contribution in [3.8, 4) is 5.75 Å². The van der Waals surface area contributed by atoms with Crippen LogP contribution in [0.1, 0.15) is 0 Å². The van der Waals surface area contributed by atoms with E-state index in [2.05, 4.69) is 10.2 Å². The summed E-state index contributed by atoms with van der Waals surface area (Å²) in [6.45, 7) is 3.80. The van der Waals surface area contributed by atoms with E-state index in [9.17, 15) is 5.11 Å². The van der Waals surface area contributed by atoms with Crippen molar-refractivity contribution in [3.63, 3.8) is 0 Å². The van der Waals surface area contributed by atoms with Crippen LogP contribution in [0.5, 0.6) is 5.75 Å². The van der Waals surface area contributed by atoms with Crippen molar-refractivity contribution in [3.05, 3.63) is 23.2 Å². The lowest BCUT2D eigenvalue weighted by Crippen LogP contribution is -2.43. The summed E-state index contributed by atoms with van der Waals surface area (Å²) in [5.74, 6) is 0.267. The van der Waals surface area contributed by atoms with E-state index in [4.69, 9.17) is 11.6 Å². The Bertz CT molecular complexity index is 324. The van der Waals surface area contributed by atoms with Crippen molar-refractivity contribution in [1.29, 1.82) is 0 Å². The van der Waals surface area contributed by atoms with Gasteiger partial charge in [0, 0.05) is 32.2 Å². The number of hydrogen-bond acceptors (Lipinski definition) is 3. The molecule has 1 heterocycles. The minimum atomic E-state index is 0.267. The van der Waals surface area contributed by atoms with Gasteiger partial charge in [-0.2, -0.15) is 0 Å². The summed E-state index contributed by atoms with van der Waals surface area (Å²) in [6, 6.07) is 5.05. The molecule has 0 aromatic heterocycles. The van der Waals surface area contributed by atoms with Gasteiger partial charge in [-0.15, -0.1) is 0 Å². The number of benzene rings is 1. The van der Waals surface area contributed by atoms with Gasteiger partial charge in [-0.1, -0.05) is 11.6 Å². The fourth-order valence-corrected chi connectivity index (χ4v) is 1.89. The van der Waals surface area contributed by atoms with Gasteiger partial charge in [0.05, 0.1) is 10.7 Å². The Morgan fingerprint density at radius 2 is 2.00 bits per heavy atom. The molecule has 2 N–H and O–H groups in total. The van der Waals surface area contributed by atoms with Crippen LogP contribution in [-0.4, -0.2) is 31.3 Å². The lowest BCUT2D eigenvalue weighted by atomic mass is 10.2. The van der Waals surface area contributed by atoms with Crippen LogP contribution >= 0.6 is 11.6 Å². The molecule has 2 rings (SSSR count). The Morgan fingerprint density at radius 3 is 2.71 bits per heavy atom. The third kappa shape index (κ3) is 1.94. The predicted octanol–water partition coefficient (Wildman–Crippen LogP) is 1.46. The van der Waals surface area contributed by atoms with E-state index in [1.807, 2.05) is 0 Å². The summed E-state index contributed by atoms with van der Waals surface area (Å²) in [4.78, 5) is 2.18. The molecule has 3 nitrogen and oxygen atoms in total. The summed E-state index contributed by atoms with van der Waals surface area (Å²) in [5, 5.41) is 13.3. The second kappa shape index (κ2) is 4.07. The minimum absolute atomic E-state index is 0.267. The lowest BCUT2D eigenvalue weighted by Gasteiger charge is -2.30. The molecule has 0 amide bonds. The number of piperazine rings is 1. The molecule has 1 fully saturated rings. The number of phenolic OH excluding ortho intramolecular Hbond substituents is 1. The Morgan fingerprint density at radius 1 is 1.29 bits per heavy atom. The molecule has 4 heteroatoms. The van der Waals surface area contributed by atoms with Gasteiger partial charge in [-0.05, 0) is 12.1 Å². The first-order valence-corrected chi connectivity index (χ1v) is 5.09. The smallest absolute Gasteiger partial charge is 0.117 e. The van der Waals surface area contributed by atoms with Crippen LogP contribution in [0, 0.1) is 0 Å². The number of rotatable bonds is 1. The average molecular weight is 213 g/mol. The maximum Gasteiger partial charge on any atom is 0.117 e. The normalized spacial score (nSPS) is 17.1. The van der Waals surface area contributed by atoms with E-state index < -0.39 is 0 Å². The van der Waals surface area contributed by atoms with E-state index in [-0.39, 0.29) is 5.75 Å². The summed E-state index contributed by atoms with van der Waals surface area (Å²) in [5.41, 5.74) is 0.924. The molecule has 1 aliphatic heterocycles. The van der Waals surface area contributed by atoms with E-state index in [1.165, 1.54) is 0 Å². The number of halogens is 1. The number of nitrogens with one attached hydrogen (secondary N) is 1. The van der Waals surface area contributed by atoms with Crippen molar-refractivity contribution in [1.82, 2.24) is 5.32 Å². The molecule has 0 saturated carbocycles. The monoisotopic (exact) mass is 212 g/mol. The van der Waals surface area contributed by atoms with E-state index in [0.717, 1.165) is 31.9 Å². The molecule has 0 aliphatic carbocycles. The number of phenols is 1. The first kappa shape index (κ1) is 9.62. The zero-order valence-electron chi connectivity index (χ0n) is 7.83. The molecule has 0 spiro atoms. The highest BCUT2D eigenvalue weighted by Crippen LogP contribution is 2.29. The zero-order valence-corrected chi connectivity index (χ0v) is 8.59. The molecule has 0 bridgehead atoms. The molecule has 1 aromatic rings. The summed E-state index contributed by atoms with van der Waals surface area (Å²) in [6.07, 6.45) is 0. The Hall–Kier alpha value is -0.930. The molecule has 0 atom stereocenters. The highest BCUT2D eigenvalue weighted by molar-refractivity contribution is 6.33. The minimum Gasteiger partial charge on any atom is -0.508 e. The Balaban J connectivity index is 2.24. The third-order valence-electron chi connectivity index (χ3n) is 2.39. The Labute approximate surface area is 88.3 Å². The van der Waals surface area contributed by atoms with Crippen molar-refractivity contribution < 1.29 is 5.11 Å². The first-order valence-electron chi connectivity index (χ1n) is 4.71. The van der Waals surface area contributed by atoms with Crippen molar-refractivity contribution in [2.24, 2.45) is 0 Å². The maximum absolute atomic E-state index is 9.37. The van der Waals surface area contributed by atoms with Gasteiger partial charge in [-0.3, -0.25) is 0 Å². The summed E-state index contributed by atoms with van der Waals surface area (Å²) in [7, 11) is 0. The molecule has 76 valence electrons. The molecule has 1 aliphatic rings. The van der Waals surface area contributed by atoms with Gasteiger partial charge in [-0.25, -0.2) is 0 Å². The van der Waals surface area contributed by atoms with Crippen LogP contribution in [-0.2, 0) is 0 Å². The number of hydrogen-bond donors (Lipinski definition) is 2. The van der Waals surface area contributed by atoms with Gasteiger partial charge in [0.2, 0.25) is 0 Å². The van der Waals surface area contributed by atoms with Gasteiger partial charge < -0.3 is 15.3 Å². The summed E-state index contributed by atoms with van der Waals surface area (Å²) >= 11 is 6.06. The van der Waals surface area contributed by atoms with Crippen LogP contribution in [0.2, 0.25) is 5.02 Å². The highest BCUT2D eigenvalue weighted by atomic mass is 35.5. The topological polar surface area (TPSA) is 35.5 Å². The van der Waals surface area contributed by atoms with Gasteiger partial charge >= 0.3 is 0 Å². The second-order valence-electron chi connectivity index (χ2n) is 3.37. The van der Waals surface area contributed by atoms with Crippen LogP contribution in [0.25, 0.3) is 0 Å². The predicted molar refractivity (Wildman–Crippen MR) is 58.2 cm³/mol. The summed E-state index contributed by atoms with van der Waals surface area (Å²) < 4.78 is 0. The SMILES string of the molecule is Oc1ccc(Cl)c(N2CCNCC2)c1. The lowest BCUT2D eigenvalue weighted by molar-refractivity contribution is 0.475. The number of nitrogens with zero attached hydrogens (tertiary/aromatic N) is 1. The maximum atomic E-state index is 9.37. The van der Waals surface area contributed by atoms with Crippen molar-refractivity contribution in [2.75, 3.05) is 31.1 Å². The van der Waals surface area contributed by atoms with E-state index in [1.54, 1.807) is 18.2 Å². The zero-order chi connectivity index (χ0) is 9.97. The molecule has 1 saturated heterocycles. The fraction of sp³-hybridized carbons (Fsp3) is 0.400. The number of anilines is 1. The third-order valence-corrected chi connectivity index (χ3v) is 2.71. The molecular formula is C10H13ClN2O. The molecular weight excluding hydrogens is 200 g/mol. The average Bonchev–Trinajstić information content (AvgIpc) is 2.23. The second-order valence-corrected chi connectivity index (χ2v) is 3.78. The Kier molecular flexibility index (Phi) is 2.79. The van der Waals surface area contributed by atoms with Crippen molar-refractivity contribution in [2.45, 2.75) is 0 Å². The molecule has 0 radical (unpaired) electrons. The van der Waals surface area contributed by atoms with E-state index in [0.29, 0.717) is 5.02 Å². The molecule has 14 heavy (non-hydrogen) atoms. The largest absolute Gasteiger partial charge is 0.508 e. The quantitative estimate of drug-likeness (QED) is 0.740. The molecule has 1 aromatic carbocycles. The van der Waals surface area contributed by atoms with Crippen LogP contribution in [0.3, 0.4) is 0 Å². The van der Waals surface area contributed by atoms with Crippen LogP contribution in [0.4, 0.5) is 5.69 Å². The van der Waals surface area contributed by atoms with Gasteiger partial charge in [0.15, 0.2) is 0 Å². The van der Waals surface area contributed by atoms with Gasteiger partial charge in [0.25, 0.3) is 0 Å².